The summed E-state index contributed by atoms with van der Waals surface area (Å²) in [6.45, 7) is 2.42. The molecule has 1 aliphatic heterocycles. The van der Waals surface area contributed by atoms with E-state index in [2.05, 4.69) is 10.6 Å². The maximum absolute atomic E-state index is 11.8. The van der Waals surface area contributed by atoms with Crippen molar-refractivity contribution >= 4 is 26.7 Å². The summed E-state index contributed by atoms with van der Waals surface area (Å²) < 4.78 is 25.7. The molecule has 140 valence electrons. The van der Waals surface area contributed by atoms with Crippen molar-refractivity contribution in [2.45, 2.75) is 31.2 Å². The van der Waals surface area contributed by atoms with Crippen molar-refractivity contribution in [1.82, 2.24) is 4.57 Å². The summed E-state index contributed by atoms with van der Waals surface area (Å²) in [6, 6.07) is 13.3. The molecular weight excluding hydrogens is 362 g/mol. The molecule has 2 aromatic carbocycles. The zero-order valence-corrected chi connectivity index (χ0v) is 16.1. The minimum atomic E-state index is -3.23. The second-order valence-electron chi connectivity index (χ2n) is 7.33. The summed E-state index contributed by atoms with van der Waals surface area (Å²) in [7, 11) is -3.23. The largest absolute Gasteiger partial charge is 0.481 e. The zero-order valence-electron chi connectivity index (χ0n) is 15.3. The van der Waals surface area contributed by atoms with Crippen LogP contribution in [-0.4, -0.2) is 30.3 Å². The Morgan fingerprint density at radius 1 is 1.22 bits per heavy atom. The monoisotopic (exact) mass is 383 g/mol. The molecule has 0 spiro atoms. The molecule has 1 N–H and O–H groups in total. The van der Waals surface area contributed by atoms with E-state index in [1.807, 2.05) is 31.2 Å². The van der Waals surface area contributed by atoms with Gasteiger partial charge in [0.2, 0.25) is 0 Å². The predicted molar refractivity (Wildman–Crippen MR) is 104 cm³/mol. The molecule has 6 heteroatoms. The number of aryl methyl sites for hydroxylation is 1. The highest BCUT2D eigenvalue weighted by molar-refractivity contribution is 7.90. The number of para-hydroxylation sites is 1. The minimum absolute atomic E-state index is 0.321. The fraction of sp³-hybridized carbons (Fsp3) is 0.286. The van der Waals surface area contributed by atoms with E-state index in [-0.39, 0.29) is 0 Å². The van der Waals surface area contributed by atoms with Crippen molar-refractivity contribution in [3.05, 3.63) is 64.8 Å². The third kappa shape index (κ3) is 3.04. The van der Waals surface area contributed by atoms with Gasteiger partial charge in [-0.1, -0.05) is 24.3 Å². The number of carboxylic acid groups (broad SMARTS) is 1. The summed E-state index contributed by atoms with van der Waals surface area (Å²) >= 11 is 0. The van der Waals surface area contributed by atoms with Crippen LogP contribution in [0.15, 0.2) is 47.4 Å². The van der Waals surface area contributed by atoms with Crippen molar-refractivity contribution in [3.8, 4) is 0 Å². The topological polar surface area (TPSA) is 76.4 Å². The van der Waals surface area contributed by atoms with Gasteiger partial charge in [-0.3, -0.25) is 4.79 Å². The van der Waals surface area contributed by atoms with Crippen LogP contribution in [0.2, 0.25) is 0 Å². The van der Waals surface area contributed by atoms with Crippen LogP contribution in [0.1, 0.15) is 22.4 Å². The number of aliphatic carboxylic acids is 1. The van der Waals surface area contributed by atoms with E-state index in [1.54, 1.807) is 12.1 Å². The number of carboxylic acids is 1. The van der Waals surface area contributed by atoms with Gasteiger partial charge in [-0.2, -0.15) is 0 Å². The lowest BCUT2D eigenvalue weighted by Gasteiger charge is -2.09. The molecule has 0 aliphatic carbocycles. The number of hydrogen-bond acceptors (Lipinski definition) is 3. The fourth-order valence-electron chi connectivity index (χ4n) is 4.04. The first-order valence-corrected chi connectivity index (χ1v) is 10.8. The molecule has 0 radical (unpaired) electrons. The van der Waals surface area contributed by atoms with E-state index in [4.69, 9.17) is 0 Å². The van der Waals surface area contributed by atoms with Gasteiger partial charge in [0.25, 0.3) is 0 Å². The average Bonchev–Trinajstić information content (AvgIpc) is 3.15. The van der Waals surface area contributed by atoms with Crippen LogP contribution in [0.4, 0.5) is 0 Å². The maximum atomic E-state index is 11.8. The summed E-state index contributed by atoms with van der Waals surface area (Å²) in [5, 5.41) is 10.6. The first-order valence-electron chi connectivity index (χ1n) is 8.87. The number of fused-ring (bicyclic) bond motifs is 3. The van der Waals surface area contributed by atoms with Crippen LogP contribution in [0, 0.1) is 12.8 Å². The fourth-order valence-corrected chi connectivity index (χ4v) is 4.74. The van der Waals surface area contributed by atoms with Gasteiger partial charge in [-0.25, -0.2) is 8.42 Å². The van der Waals surface area contributed by atoms with Crippen molar-refractivity contribution in [3.63, 3.8) is 0 Å². The highest BCUT2D eigenvalue weighted by Gasteiger charge is 2.31. The van der Waals surface area contributed by atoms with E-state index in [9.17, 15) is 18.3 Å². The van der Waals surface area contributed by atoms with Crippen molar-refractivity contribution < 1.29 is 18.3 Å². The molecule has 0 amide bonds. The second kappa shape index (κ2) is 6.23. The van der Waals surface area contributed by atoms with Gasteiger partial charge < -0.3 is 9.67 Å². The van der Waals surface area contributed by atoms with Gasteiger partial charge in [-0.15, -0.1) is 0 Å². The zero-order chi connectivity index (χ0) is 19.3. The smallest absolute Gasteiger partial charge is 0.308 e. The van der Waals surface area contributed by atoms with Gasteiger partial charge in [0.15, 0.2) is 9.84 Å². The molecular formula is C21H21NO4S. The number of sulfone groups is 1. The summed E-state index contributed by atoms with van der Waals surface area (Å²) in [5.41, 5.74) is 5.27. The van der Waals surface area contributed by atoms with Crippen molar-refractivity contribution in [1.29, 1.82) is 0 Å². The molecule has 2 heterocycles. The lowest BCUT2D eigenvalue weighted by atomic mass is 9.95. The number of benzene rings is 2. The van der Waals surface area contributed by atoms with Crippen molar-refractivity contribution in [2.75, 3.05) is 6.26 Å². The molecule has 1 atom stereocenters. The molecule has 1 aromatic heterocycles. The van der Waals surface area contributed by atoms with Crippen LogP contribution in [0.5, 0.6) is 0 Å². The standard InChI is InChI=1S/C21H21NO4S/c1-13-9-16(27(2,25)26)8-7-14(13)10-18-17-5-3-4-6-19(17)22-12-15(21(23)24)11-20(18)22/h3-9,15H,10-12H2,1-2H3,(H,23,24). The maximum Gasteiger partial charge on any atom is 0.308 e. The van der Waals surface area contributed by atoms with Crippen LogP contribution >= 0.6 is 0 Å². The molecule has 5 nitrogen and oxygen atoms in total. The summed E-state index contributed by atoms with van der Waals surface area (Å²) in [6.07, 6.45) is 2.40. The van der Waals surface area contributed by atoms with E-state index >= 15 is 0 Å². The molecule has 1 aliphatic rings. The Bertz CT molecular complexity index is 1170. The van der Waals surface area contributed by atoms with Gasteiger partial charge in [0.1, 0.15) is 0 Å². The van der Waals surface area contributed by atoms with E-state index in [0.29, 0.717) is 24.3 Å². The summed E-state index contributed by atoms with van der Waals surface area (Å²) in [5.74, 6) is -1.15. The quantitative estimate of drug-likeness (QED) is 0.751. The molecule has 0 fully saturated rings. The lowest BCUT2D eigenvalue weighted by molar-refractivity contribution is -0.141. The van der Waals surface area contributed by atoms with Crippen LogP contribution in [0.25, 0.3) is 10.9 Å². The van der Waals surface area contributed by atoms with Crippen LogP contribution < -0.4 is 0 Å². The minimum Gasteiger partial charge on any atom is -0.481 e. The molecule has 1 unspecified atom stereocenters. The lowest BCUT2D eigenvalue weighted by Crippen LogP contribution is -2.14. The van der Waals surface area contributed by atoms with E-state index in [0.717, 1.165) is 33.3 Å². The van der Waals surface area contributed by atoms with Gasteiger partial charge in [0, 0.05) is 42.2 Å². The molecule has 0 bridgehead atoms. The number of carbonyl (C=O) groups is 1. The Morgan fingerprint density at radius 3 is 2.63 bits per heavy atom. The Labute approximate surface area is 158 Å². The molecule has 0 saturated carbocycles. The van der Waals surface area contributed by atoms with Gasteiger partial charge in [-0.05, 0) is 41.8 Å². The summed E-state index contributed by atoms with van der Waals surface area (Å²) in [4.78, 5) is 11.8. The Kier molecular flexibility index (Phi) is 4.11. The first-order chi connectivity index (χ1) is 12.8. The number of rotatable bonds is 4. The van der Waals surface area contributed by atoms with Gasteiger partial charge >= 0.3 is 5.97 Å². The number of nitrogens with zero attached hydrogens (tertiary/aromatic N) is 1. The molecule has 4 rings (SSSR count). The third-order valence-electron chi connectivity index (χ3n) is 5.50. The van der Waals surface area contributed by atoms with E-state index < -0.39 is 21.7 Å². The SMILES string of the molecule is Cc1cc(S(C)(=O)=O)ccc1Cc1c2n(c3ccccc13)CC(C(=O)O)C2. The molecule has 3 aromatic rings. The van der Waals surface area contributed by atoms with Crippen LogP contribution in [0.3, 0.4) is 0 Å². The predicted octanol–water partition coefficient (Wildman–Crippen LogP) is 3.20. The average molecular weight is 383 g/mol. The normalized spacial score (nSPS) is 16.6. The third-order valence-corrected chi connectivity index (χ3v) is 6.61. The first kappa shape index (κ1) is 17.8. The highest BCUT2D eigenvalue weighted by atomic mass is 32.2. The van der Waals surface area contributed by atoms with Crippen molar-refractivity contribution in [2.24, 2.45) is 5.92 Å². The second-order valence-corrected chi connectivity index (χ2v) is 9.35. The van der Waals surface area contributed by atoms with E-state index in [1.165, 1.54) is 6.26 Å². The number of aromatic nitrogens is 1. The van der Waals surface area contributed by atoms with Crippen LogP contribution in [-0.2, 0) is 34.0 Å². The Morgan fingerprint density at radius 2 is 1.96 bits per heavy atom. The molecule has 0 saturated heterocycles. The van der Waals surface area contributed by atoms with Gasteiger partial charge in [0.05, 0.1) is 10.8 Å². The highest BCUT2D eigenvalue weighted by Crippen LogP contribution is 2.35. The Hall–Kier alpha value is -2.60. The number of hydrogen-bond donors (Lipinski definition) is 1. The molecule has 27 heavy (non-hydrogen) atoms. The Balaban J connectivity index is 1.80.